The fourth-order valence-corrected chi connectivity index (χ4v) is 5.16. The SMILES string of the molecule is COc1cc2c(cc1OC)CN(CCc1ccc(-n3nnc(-c4cc(OC)c(OC)cc4NOS(C)(=O)=O)n3)cc1)CC2. The number of rotatable bonds is 12. The summed E-state index contributed by atoms with van der Waals surface area (Å²) in [6, 6.07) is 15.3. The third-order valence-electron chi connectivity index (χ3n) is 7.16. The van der Waals surface area contributed by atoms with Gasteiger partial charge in [-0.15, -0.1) is 15.0 Å². The van der Waals surface area contributed by atoms with Gasteiger partial charge in [-0.25, -0.2) is 5.48 Å². The van der Waals surface area contributed by atoms with Crippen LogP contribution in [0.15, 0.2) is 48.5 Å². The Bertz CT molecular complexity index is 1690. The number of methoxy groups -OCH3 is 4. The number of hydrogen-bond acceptors (Lipinski definition) is 12. The second kappa shape index (κ2) is 12.9. The molecule has 1 aliphatic rings. The van der Waals surface area contributed by atoms with Crippen LogP contribution in [0, 0.1) is 0 Å². The predicted molar refractivity (Wildman–Crippen MR) is 159 cm³/mol. The normalized spacial score (nSPS) is 13.3. The lowest BCUT2D eigenvalue weighted by Gasteiger charge is -2.29. The zero-order valence-corrected chi connectivity index (χ0v) is 25.5. The van der Waals surface area contributed by atoms with Crippen LogP contribution < -0.4 is 24.4 Å². The standard InChI is InChI=1S/C29H34N6O7S/c1-38-25-14-20-11-13-34(18-21(20)15-26(25)39-2)12-10-19-6-8-22(9-7-19)35-31-29(30-33-35)23-16-27(40-3)28(41-4)17-24(23)32-42-43(5,36)37/h6-9,14-17,32H,10-13,18H2,1-5H3. The van der Waals surface area contributed by atoms with Crippen LogP contribution in [0.1, 0.15) is 16.7 Å². The van der Waals surface area contributed by atoms with Crippen LogP contribution in [0.2, 0.25) is 0 Å². The minimum atomic E-state index is -3.79. The van der Waals surface area contributed by atoms with Crippen molar-refractivity contribution in [2.45, 2.75) is 19.4 Å². The van der Waals surface area contributed by atoms with E-state index < -0.39 is 10.1 Å². The maximum atomic E-state index is 11.6. The molecule has 1 aromatic heterocycles. The van der Waals surface area contributed by atoms with Gasteiger partial charge in [0.15, 0.2) is 23.0 Å². The van der Waals surface area contributed by atoms with Crippen molar-refractivity contribution in [3.63, 3.8) is 0 Å². The molecule has 13 nitrogen and oxygen atoms in total. The van der Waals surface area contributed by atoms with E-state index in [0.29, 0.717) is 17.1 Å². The topological polar surface area (TPSA) is 139 Å². The Hall–Kier alpha value is -4.40. The van der Waals surface area contributed by atoms with Gasteiger partial charge in [-0.3, -0.25) is 4.90 Å². The second-order valence-corrected chi connectivity index (χ2v) is 11.5. The van der Waals surface area contributed by atoms with Gasteiger partial charge in [-0.1, -0.05) is 12.1 Å². The molecule has 2 heterocycles. The van der Waals surface area contributed by atoms with Crippen LogP contribution in [0.5, 0.6) is 23.0 Å². The molecule has 0 saturated carbocycles. The number of ether oxygens (including phenoxy) is 4. The van der Waals surface area contributed by atoms with E-state index in [4.69, 9.17) is 23.2 Å². The monoisotopic (exact) mass is 610 g/mol. The number of benzene rings is 3. The summed E-state index contributed by atoms with van der Waals surface area (Å²) in [7, 11) is 2.49. The lowest BCUT2D eigenvalue weighted by Crippen LogP contribution is -2.32. The summed E-state index contributed by atoms with van der Waals surface area (Å²) < 4.78 is 49.6. The van der Waals surface area contributed by atoms with Crippen LogP contribution in [0.4, 0.5) is 5.69 Å². The second-order valence-electron chi connectivity index (χ2n) is 9.96. The molecule has 43 heavy (non-hydrogen) atoms. The van der Waals surface area contributed by atoms with Gasteiger partial charge in [0.25, 0.3) is 10.1 Å². The number of aromatic nitrogens is 4. The maximum absolute atomic E-state index is 11.6. The Labute approximate surface area is 250 Å². The minimum absolute atomic E-state index is 0.226. The van der Waals surface area contributed by atoms with E-state index in [2.05, 4.69) is 37.9 Å². The molecule has 4 aromatic rings. The molecular weight excluding hydrogens is 576 g/mol. The molecule has 0 bridgehead atoms. The van der Waals surface area contributed by atoms with E-state index in [0.717, 1.165) is 55.9 Å². The molecule has 0 saturated heterocycles. The largest absolute Gasteiger partial charge is 0.493 e. The summed E-state index contributed by atoms with van der Waals surface area (Å²) in [4.78, 5) is 3.84. The van der Waals surface area contributed by atoms with Crippen molar-refractivity contribution in [3.05, 3.63) is 65.2 Å². The van der Waals surface area contributed by atoms with Crippen LogP contribution in [0.3, 0.4) is 0 Å². The van der Waals surface area contributed by atoms with Gasteiger partial charge >= 0.3 is 0 Å². The third kappa shape index (κ3) is 6.98. The zero-order chi connectivity index (χ0) is 30.6. The highest BCUT2D eigenvalue weighted by atomic mass is 32.2. The van der Waals surface area contributed by atoms with Gasteiger partial charge < -0.3 is 18.9 Å². The predicted octanol–water partition coefficient (Wildman–Crippen LogP) is 3.27. The van der Waals surface area contributed by atoms with Crippen molar-refractivity contribution < 1.29 is 31.6 Å². The molecule has 0 amide bonds. The summed E-state index contributed by atoms with van der Waals surface area (Å²) in [6.45, 7) is 2.76. The third-order valence-corrected chi connectivity index (χ3v) is 7.55. The average Bonchev–Trinajstić information content (AvgIpc) is 3.51. The Kier molecular flexibility index (Phi) is 8.99. The maximum Gasteiger partial charge on any atom is 0.284 e. The quantitative estimate of drug-likeness (QED) is 0.236. The molecule has 0 aliphatic carbocycles. The molecule has 0 spiro atoms. The van der Waals surface area contributed by atoms with E-state index in [1.807, 2.05) is 24.3 Å². The molecule has 0 atom stereocenters. The van der Waals surface area contributed by atoms with Gasteiger partial charge in [-0.2, -0.15) is 12.7 Å². The lowest BCUT2D eigenvalue weighted by molar-refractivity contribution is 0.255. The first-order valence-electron chi connectivity index (χ1n) is 13.5. The Morgan fingerprint density at radius 2 is 1.49 bits per heavy atom. The number of nitrogens with zero attached hydrogens (tertiary/aromatic N) is 5. The number of nitrogens with one attached hydrogen (secondary N) is 1. The van der Waals surface area contributed by atoms with Crippen molar-refractivity contribution in [2.24, 2.45) is 0 Å². The van der Waals surface area contributed by atoms with Crippen LogP contribution in [-0.4, -0.2) is 81.3 Å². The fraction of sp³-hybridized carbons (Fsp3) is 0.345. The zero-order valence-electron chi connectivity index (χ0n) is 24.7. The summed E-state index contributed by atoms with van der Waals surface area (Å²) in [5, 5.41) is 12.9. The van der Waals surface area contributed by atoms with Gasteiger partial charge in [0.05, 0.1) is 51.6 Å². The van der Waals surface area contributed by atoms with Crippen molar-refractivity contribution >= 4 is 15.8 Å². The highest BCUT2D eigenvalue weighted by molar-refractivity contribution is 7.86. The Morgan fingerprint density at radius 1 is 0.860 bits per heavy atom. The summed E-state index contributed by atoms with van der Waals surface area (Å²) in [5.74, 6) is 2.51. The smallest absolute Gasteiger partial charge is 0.284 e. The molecule has 3 aromatic carbocycles. The van der Waals surface area contributed by atoms with Crippen molar-refractivity contribution in [1.29, 1.82) is 0 Å². The first kappa shape index (κ1) is 30.1. The molecule has 0 unspecified atom stereocenters. The van der Waals surface area contributed by atoms with Crippen molar-refractivity contribution in [1.82, 2.24) is 25.1 Å². The van der Waals surface area contributed by atoms with E-state index in [1.165, 1.54) is 41.8 Å². The van der Waals surface area contributed by atoms with Gasteiger partial charge in [0.1, 0.15) is 0 Å². The first-order valence-corrected chi connectivity index (χ1v) is 15.3. The molecule has 1 aliphatic heterocycles. The Morgan fingerprint density at radius 3 is 2.14 bits per heavy atom. The summed E-state index contributed by atoms with van der Waals surface area (Å²) >= 11 is 0. The van der Waals surface area contributed by atoms with E-state index in [1.54, 1.807) is 20.3 Å². The van der Waals surface area contributed by atoms with Crippen LogP contribution in [0.25, 0.3) is 17.1 Å². The van der Waals surface area contributed by atoms with Crippen LogP contribution in [-0.2, 0) is 33.8 Å². The van der Waals surface area contributed by atoms with Crippen LogP contribution >= 0.6 is 0 Å². The summed E-state index contributed by atoms with van der Waals surface area (Å²) in [6.07, 6.45) is 2.78. The first-order chi connectivity index (χ1) is 20.7. The molecule has 0 radical (unpaired) electrons. The highest BCUT2D eigenvalue weighted by Gasteiger charge is 2.20. The number of hydrogen-bond donors (Lipinski definition) is 1. The summed E-state index contributed by atoms with van der Waals surface area (Å²) in [5.41, 5.74) is 7.58. The van der Waals surface area contributed by atoms with Crippen molar-refractivity contribution in [2.75, 3.05) is 53.3 Å². The lowest BCUT2D eigenvalue weighted by atomic mass is 9.98. The van der Waals surface area contributed by atoms with Gasteiger partial charge in [0, 0.05) is 25.7 Å². The Balaban J connectivity index is 1.27. The van der Waals surface area contributed by atoms with E-state index in [-0.39, 0.29) is 11.5 Å². The van der Waals surface area contributed by atoms with E-state index >= 15 is 0 Å². The van der Waals surface area contributed by atoms with Gasteiger partial charge in [-0.05, 0) is 65.1 Å². The average molecular weight is 611 g/mol. The molecular formula is C29H34N6O7S. The minimum Gasteiger partial charge on any atom is -0.493 e. The molecule has 1 N–H and O–H groups in total. The molecule has 5 rings (SSSR count). The van der Waals surface area contributed by atoms with Gasteiger partial charge in [0.2, 0.25) is 5.82 Å². The number of anilines is 1. The fourth-order valence-electron chi connectivity index (χ4n) is 4.92. The molecule has 0 fully saturated rings. The molecule has 228 valence electrons. The van der Waals surface area contributed by atoms with Crippen molar-refractivity contribution in [3.8, 4) is 40.1 Å². The highest BCUT2D eigenvalue weighted by Crippen LogP contribution is 2.38. The number of tetrazole rings is 1. The molecule has 14 heteroatoms. The van der Waals surface area contributed by atoms with E-state index in [9.17, 15) is 8.42 Å². The number of fused-ring (bicyclic) bond motifs is 1.